The number of ether oxygens (including phenoxy) is 1. The highest BCUT2D eigenvalue weighted by atomic mass is 32.2. The van der Waals surface area contributed by atoms with Crippen molar-refractivity contribution in [2.45, 2.75) is 6.42 Å². The van der Waals surface area contributed by atoms with Crippen LogP contribution in [0.5, 0.6) is 0 Å². The standard InChI is InChI=1S/C11H25N3O3S/c1-13(6-3-10-17-2)18(15,16)11-9-14-7-4-12-5-8-14/h12H,3-11H2,1-2H3. The highest BCUT2D eigenvalue weighted by Gasteiger charge is 2.19. The van der Waals surface area contributed by atoms with Gasteiger partial charge in [0.2, 0.25) is 10.0 Å². The van der Waals surface area contributed by atoms with E-state index in [-0.39, 0.29) is 5.75 Å². The summed E-state index contributed by atoms with van der Waals surface area (Å²) in [5, 5.41) is 3.25. The fourth-order valence-electron chi connectivity index (χ4n) is 1.91. The van der Waals surface area contributed by atoms with E-state index in [1.807, 2.05) is 0 Å². The van der Waals surface area contributed by atoms with Gasteiger partial charge in [-0.25, -0.2) is 12.7 Å². The molecular formula is C11H25N3O3S. The van der Waals surface area contributed by atoms with Gasteiger partial charge >= 0.3 is 0 Å². The van der Waals surface area contributed by atoms with Crippen LogP contribution in [0.4, 0.5) is 0 Å². The number of rotatable bonds is 8. The Balaban J connectivity index is 2.28. The van der Waals surface area contributed by atoms with E-state index in [0.29, 0.717) is 19.7 Å². The Morgan fingerprint density at radius 1 is 1.33 bits per heavy atom. The summed E-state index contributed by atoms with van der Waals surface area (Å²) in [6.45, 7) is 5.51. The Hall–Kier alpha value is -0.210. The lowest BCUT2D eigenvalue weighted by Gasteiger charge is -2.27. The fraction of sp³-hybridized carbons (Fsp3) is 1.00. The first-order chi connectivity index (χ1) is 8.56. The summed E-state index contributed by atoms with van der Waals surface area (Å²) in [7, 11) is 0.141. The second kappa shape index (κ2) is 8.06. The summed E-state index contributed by atoms with van der Waals surface area (Å²) in [4.78, 5) is 2.19. The molecule has 1 saturated heterocycles. The van der Waals surface area contributed by atoms with E-state index in [0.717, 1.165) is 32.6 Å². The molecule has 0 unspecified atom stereocenters. The number of nitrogens with zero attached hydrogens (tertiary/aromatic N) is 2. The SMILES string of the molecule is COCCCN(C)S(=O)(=O)CCN1CCNCC1. The molecule has 0 aromatic heterocycles. The zero-order valence-electron chi connectivity index (χ0n) is 11.4. The molecule has 1 rings (SSSR count). The predicted molar refractivity (Wildman–Crippen MR) is 72.2 cm³/mol. The highest BCUT2D eigenvalue weighted by Crippen LogP contribution is 2.02. The van der Waals surface area contributed by atoms with Gasteiger partial charge in [-0.1, -0.05) is 0 Å². The van der Waals surface area contributed by atoms with Crippen molar-refractivity contribution in [3.8, 4) is 0 Å². The Morgan fingerprint density at radius 3 is 2.61 bits per heavy atom. The van der Waals surface area contributed by atoms with Crippen LogP contribution in [0.2, 0.25) is 0 Å². The molecule has 0 aromatic carbocycles. The molecular weight excluding hydrogens is 254 g/mol. The molecule has 0 aliphatic carbocycles. The number of hydrogen-bond acceptors (Lipinski definition) is 5. The lowest BCUT2D eigenvalue weighted by atomic mass is 10.4. The van der Waals surface area contributed by atoms with E-state index in [9.17, 15) is 8.42 Å². The molecule has 108 valence electrons. The molecule has 1 fully saturated rings. The minimum Gasteiger partial charge on any atom is -0.385 e. The number of piperazine rings is 1. The van der Waals surface area contributed by atoms with Crippen LogP contribution in [0, 0.1) is 0 Å². The molecule has 7 heteroatoms. The molecule has 0 radical (unpaired) electrons. The van der Waals surface area contributed by atoms with Crippen molar-refractivity contribution in [3.05, 3.63) is 0 Å². The van der Waals surface area contributed by atoms with Crippen LogP contribution < -0.4 is 5.32 Å². The summed E-state index contributed by atoms with van der Waals surface area (Å²) >= 11 is 0. The molecule has 0 amide bonds. The molecule has 0 aromatic rings. The quantitative estimate of drug-likeness (QED) is 0.589. The third-order valence-electron chi connectivity index (χ3n) is 3.17. The van der Waals surface area contributed by atoms with Crippen molar-refractivity contribution in [2.75, 3.05) is 65.8 Å². The average Bonchev–Trinajstić information content (AvgIpc) is 2.38. The second-order valence-corrected chi connectivity index (χ2v) is 6.77. The zero-order valence-corrected chi connectivity index (χ0v) is 12.2. The van der Waals surface area contributed by atoms with Crippen molar-refractivity contribution in [3.63, 3.8) is 0 Å². The highest BCUT2D eigenvalue weighted by molar-refractivity contribution is 7.89. The van der Waals surface area contributed by atoms with E-state index in [4.69, 9.17) is 4.74 Å². The molecule has 18 heavy (non-hydrogen) atoms. The van der Waals surface area contributed by atoms with Crippen LogP contribution in [0.3, 0.4) is 0 Å². The van der Waals surface area contributed by atoms with Gasteiger partial charge in [0.25, 0.3) is 0 Å². The van der Waals surface area contributed by atoms with Crippen LogP contribution in [-0.4, -0.2) is 83.4 Å². The van der Waals surface area contributed by atoms with Crippen LogP contribution in [0.1, 0.15) is 6.42 Å². The third kappa shape index (κ3) is 5.62. The lowest BCUT2D eigenvalue weighted by Crippen LogP contribution is -2.46. The van der Waals surface area contributed by atoms with Gasteiger partial charge in [-0.05, 0) is 6.42 Å². The summed E-state index contributed by atoms with van der Waals surface area (Å²) in [6, 6.07) is 0. The predicted octanol–water partition coefficient (Wildman–Crippen LogP) is -0.810. The summed E-state index contributed by atoms with van der Waals surface area (Å²) in [5.74, 6) is 0.205. The Labute approximate surface area is 110 Å². The van der Waals surface area contributed by atoms with Crippen LogP contribution in [0.25, 0.3) is 0 Å². The van der Waals surface area contributed by atoms with Crippen molar-refractivity contribution in [1.82, 2.24) is 14.5 Å². The monoisotopic (exact) mass is 279 g/mol. The number of hydrogen-bond donors (Lipinski definition) is 1. The van der Waals surface area contributed by atoms with E-state index >= 15 is 0 Å². The molecule has 0 spiro atoms. The smallest absolute Gasteiger partial charge is 0.215 e. The first-order valence-electron chi connectivity index (χ1n) is 6.42. The second-order valence-electron chi connectivity index (χ2n) is 4.58. The van der Waals surface area contributed by atoms with Gasteiger partial charge in [0.1, 0.15) is 0 Å². The number of sulfonamides is 1. The van der Waals surface area contributed by atoms with Gasteiger partial charge in [0.15, 0.2) is 0 Å². The van der Waals surface area contributed by atoms with E-state index in [1.54, 1.807) is 14.2 Å². The minimum absolute atomic E-state index is 0.205. The van der Waals surface area contributed by atoms with E-state index < -0.39 is 10.0 Å². The Morgan fingerprint density at radius 2 is 2.00 bits per heavy atom. The van der Waals surface area contributed by atoms with Crippen molar-refractivity contribution < 1.29 is 13.2 Å². The van der Waals surface area contributed by atoms with Gasteiger partial charge in [-0.15, -0.1) is 0 Å². The largest absolute Gasteiger partial charge is 0.385 e. The molecule has 0 saturated carbocycles. The molecule has 1 heterocycles. The lowest BCUT2D eigenvalue weighted by molar-refractivity contribution is 0.189. The summed E-state index contributed by atoms with van der Waals surface area (Å²) in [5.41, 5.74) is 0. The maximum absolute atomic E-state index is 12.0. The molecule has 6 nitrogen and oxygen atoms in total. The van der Waals surface area contributed by atoms with Crippen molar-refractivity contribution in [2.24, 2.45) is 0 Å². The van der Waals surface area contributed by atoms with Gasteiger partial charge in [-0.2, -0.15) is 0 Å². The Bertz CT molecular complexity index is 315. The summed E-state index contributed by atoms with van der Waals surface area (Å²) in [6.07, 6.45) is 0.736. The molecule has 1 N–H and O–H groups in total. The first-order valence-corrected chi connectivity index (χ1v) is 8.03. The molecule has 0 bridgehead atoms. The van der Waals surface area contributed by atoms with E-state index in [1.165, 1.54) is 4.31 Å². The van der Waals surface area contributed by atoms with Crippen molar-refractivity contribution >= 4 is 10.0 Å². The summed E-state index contributed by atoms with van der Waals surface area (Å²) < 4.78 is 30.4. The first kappa shape index (κ1) is 15.8. The van der Waals surface area contributed by atoms with E-state index in [2.05, 4.69) is 10.2 Å². The van der Waals surface area contributed by atoms with Crippen LogP contribution in [-0.2, 0) is 14.8 Å². The number of nitrogens with one attached hydrogen (secondary N) is 1. The molecule has 1 aliphatic heterocycles. The van der Waals surface area contributed by atoms with Gasteiger partial charge < -0.3 is 10.1 Å². The van der Waals surface area contributed by atoms with Crippen molar-refractivity contribution in [1.29, 1.82) is 0 Å². The topological polar surface area (TPSA) is 61.9 Å². The van der Waals surface area contributed by atoms with Gasteiger partial charge in [0.05, 0.1) is 5.75 Å². The minimum atomic E-state index is -3.12. The van der Waals surface area contributed by atoms with Crippen LogP contribution in [0.15, 0.2) is 0 Å². The average molecular weight is 279 g/mol. The fourth-order valence-corrected chi connectivity index (χ4v) is 3.11. The van der Waals surface area contributed by atoms with Crippen LogP contribution >= 0.6 is 0 Å². The normalized spacial score (nSPS) is 18.4. The molecule has 0 atom stereocenters. The van der Waals surface area contributed by atoms with Gasteiger partial charge in [0, 0.05) is 60.0 Å². The zero-order chi connectivity index (χ0) is 13.4. The molecule has 1 aliphatic rings. The van der Waals surface area contributed by atoms with Gasteiger partial charge in [-0.3, -0.25) is 4.90 Å². The number of methoxy groups -OCH3 is 1. The third-order valence-corrected chi connectivity index (χ3v) is 5.00. The Kier molecular flexibility index (Phi) is 7.10. The maximum Gasteiger partial charge on any atom is 0.215 e. The maximum atomic E-state index is 12.0.